The highest BCUT2D eigenvalue weighted by Gasteiger charge is 2.28. The van der Waals surface area contributed by atoms with Crippen molar-refractivity contribution in [3.63, 3.8) is 0 Å². The summed E-state index contributed by atoms with van der Waals surface area (Å²) in [6.07, 6.45) is 0. The zero-order valence-electron chi connectivity index (χ0n) is 16.4. The number of nitrogens with zero attached hydrogens (tertiary/aromatic N) is 2. The van der Waals surface area contributed by atoms with Gasteiger partial charge in [-0.2, -0.15) is 0 Å². The molecule has 2 N–H and O–H groups in total. The summed E-state index contributed by atoms with van der Waals surface area (Å²) in [7, 11) is 0. The maximum Gasteiger partial charge on any atom is 0.258 e. The number of anilines is 1. The van der Waals surface area contributed by atoms with Gasteiger partial charge in [0.15, 0.2) is 5.82 Å². The van der Waals surface area contributed by atoms with Gasteiger partial charge in [-0.25, -0.2) is 4.98 Å². The van der Waals surface area contributed by atoms with Crippen LogP contribution in [-0.4, -0.2) is 42.8 Å². The number of nitrogens with one attached hydrogen (secondary N) is 2. The van der Waals surface area contributed by atoms with E-state index in [1.807, 2.05) is 43.3 Å². The van der Waals surface area contributed by atoms with E-state index < -0.39 is 0 Å². The molecule has 1 saturated heterocycles. The number of quaternary nitrogens is 1. The van der Waals surface area contributed by atoms with Crippen LogP contribution in [0.3, 0.4) is 0 Å². The Balaban J connectivity index is 1.49. The highest BCUT2D eigenvalue weighted by molar-refractivity contribution is 5.77. The first kappa shape index (κ1) is 18.5. The van der Waals surface area contributed by atoms with Gasteiger partial charge in [-0.15, -0.1) is 0 Å². The lowest BCUT2D eigenvalue weighted by molar-refractivity contribution is -0.930. The van der Waals surface area contributed by atoms with Crippen LogP contribution >= 0.6 is 0 Å². The van der Waals surface area contributed by atoms with E-state index in [1.165, 1.54) is 4.90 Å². The van der Waals surface area contributed by atoms with Crippen LogP contribution in [0.5, 0.6) is 5.75 Å². The predicted octanol–water partition coefficient (Wildman–Crippen LogP) is 1.79. The van der Waals surface area contributed by atoms with Crippen molar-refractivity contribution in [2.45, 2.75) is 19.9 Å². The number of rotatable bonds is 5. The van der Waals surface area contributed by atoms with Crippen molar-refractivity contribution in [3.8, 4) is 5.75 Å². The van der Waals surface area contributed by atoms with Crippen LogP contribution < -0.4 is 20.1 Å². The molecular formula is C22H27N4O2+. The molecule has 3 aromatic rings. The average molecular weight is 379 g/mol. The summed E-state index contributed by atoms with van der Waals surface area (Å²) in [6, 6.07) is 15.9. The molecule has 2 heterocycles. The van der Waals surface area contributed by atoms with Gasteiger partial charge >= 0.3 is 0 Å². The standard InChI is InChI=1S/C22H26N4O2/c1-3-28-20-11-7-6-10-19(20)26-14-12-25(13-15-26)16(2)21-23-18-9-5-4-8-17(18)22(27)24-21/h4-11,16H,3,12-15H2,1-2H3,(H,23,24,27)/p+1/t16-/m1/s1. The van der Waals surface area contributed by atoms with Gasteiger partial charge in [0.05, 0.1) is 49.4 Å². The molecule has 1 fully saturated rings. The van der Waals surface area contributed by atoms with E-state index in [2.05, 4.69) is 28.9 Å². The Bertz CT molecular complexity index is 1010. The molecule has 1 aromatic heterocycles. The van der Waals surface area contributed by atoms with E-state index >= 15 is 0 Å². The molecule has 6 nitrogen and oxygen atoms in total. The topological polar surface area (TPSA) is 62.7 Å². The third-order valence-corrected chi connectivity index (χ3v) is 5.57. The second kappa shape index (κ2) is 8.02. The molecule has 0 radical (unpaired) electrons. The van der Waals surface area contributed by atoms with Crippen molar-refractivity contribution in [1.29, 1.82) is 0 Å². The van der Waals surface area contributed by atoms with Crippen molar-refractivity contribution in [3.05, 3.63) is 64.7 Å². The number of hydrogen-bond acceptors (Lipinski definition) is 4. The minimum atomic E-state index is -0.0591. The summed E-state index contributed by atoms with van der Waals surface area (Å²) in [5, 5.41) is 0.644. The van der Waals surface area contributed by atoms with E-state index in [4.69, 9.17) is 9.72 Å². The van der Waals surface area contributed by atoms with Gasteiger partial charge in [0.25, 0.3) is 5.56 Å². The first-order valence-electron chi connectivity index (χ1n) is 9.97. The molecule has 1 aliphatic rings. The molecule has 1 atom stereocenters. The molecule has 0 saturated carbocycles. The van der Waals surface area contributed by atoms with Crippen LogP contribution in [0.25, 0.3) is 10.9 Å². The fraction of sp³-hybridized carbons (Fsp3) is 0.364. The predicted molar refractivity (Wildman–Crippen MR) is 111 cm³/mol. The molecule has 6 heteroatoms. The fourth-order valence-corrected chi connectivity index (χ4v) is 3.97. The smallest absolute Gasteiger partial charge is 0.258 e. The minimum Gasteiger partial charge on any atom is -0.492 e. The van der Waals surface area contributed by atoms with Gasteiger partial charge in [-0.1, -0.05) is 24.3 Å². The lowest BCUT2D eigenvalue weighted by atomic mass is 10.1. The number of fused-ring (bicyclic) bond motifs is 1. The normalized spacial score (nSPS) is 16.3. The summed E-state index contributed by atoms with van der Waals surface area (Å²) in [4.78, 5) is 23.9. The molecule has 0 unspecified atom stereocenters. The van der Waals surface area contributed by atoms with Crippen LogP contribution in [0.1, 0.15) is 25.7 Å². The molecule has 0 spiro atoms. The number of piperazine rings is 1. The van der Waals surface area contributed by atoms with Gasteiger partial charge < -0.3 is 19.5 Å². The number of hydrogen-bond donors (Lipinski definition) is 2. The number of benzene rings is 2. The third-order valence-electron chi connectivity index (χ3n) is 5.57. The van der Waals surface area contributed by atoms with Gasteiger partial charge in [-0.05, 0) is 38.1 Å². The summed E-state index contributed by atoms with van der Waals surface area (Å²) in [6.45, 7) is 8.68. The lowest BCUT2D eigenvalue weighted by Gasteiger charge is -2.36. The Morgan fingerprint density at radius 2 is 1.86 bits per heavy atom. The molecule has 2 aromatic carbocycles. The maximum atomic E-state index is 12.4. The number of ether oxygens (including phenoxy) is 1. The number of aromatic nitrogens is 2. The Morgan fingerprint density at radius 1 is 1.14 bits per heavy atom. The van der Waals surface area contributed by atoms with Gasteiger partial charge in [-0.3, -0.25) is 4.79 Å². The van der Waals surface area contributed by atoms with Gasteiger partial charge in [0.2, 0.25) is 0 Å². The monoisotopic (exact) mass is 379 g/mol. The molecular weight excluding hydrogens is 352 g/mol. The van der Waals surface area contributed by atoms with Gasteiger partial charge in [0, 0.05) is 0 Å². The van der Waals surface area contributed by atoms with Crippen molar-refractivity contribution >= 4 is 16.6 Å². The lowest BCUT2D eigenvalue weighted by Crippen LogP contribution is -3.14. The highest BCUT2D eigenvalue weighted by Crippen LogP contribution is 2.28. The average Bonchev–Trinajstić information content (AvgIpc) is 2.74. The summed E-state index contributed by atoms with van der Waals surface area (Å²) < 4.78 is 5.79. The minimum absolute atomic E-state index is 0.0591. The Morgan fingerprint density at radius 3 is 2.64 bits per heavy atom. The Kier molecular flexibility index (Phi) is 5.30. The van der Waals surface area contributed by atoms with E-state index in [0.29, 0.717) is 12.0 Å². The van der Waals surface area contributed by atoms with Crippen LogP contribution in [0, 0.1) is 0 Å². The van der Waals surface area contributed by atoms with Crippen LogP contribution in [0.15, 0.2) is 53.3 Å². The number of aromatic amines is 1. The zero-order chi connectivity index (χ0) is 19.5. The largest absolute Gasteiger partial charge is 0.492 e. The molecule has 146 valence electrons. The summed E-state index contributed by atoms with van der Waals surface area (Å²) in [5.74, 6) is 1.71. The third kappa shape index (κ3) is 3.60. The van der Waals surface area contributed by atoms with Crippen LogP contribution in [0.4, 0.5) is 5.69 Å². The van der Waals surface area contributed by atoms with E-state index in [-0.39, 0.29) is 11.6 Å². The zero-order valence-corrected chi connectivity index (χ0v) is 16.4. The van der Waals surface area contributed by atoms with E-state index in [1.54, 1.807) is 0 Å². The molecule has 1 aliphatic heterocycles. The molecule has 28 heavy (non-hydrogen) atoms. The SMILES string of the molecule is CCOc1ccccc1N1CC[NH+]([C@H](C)c2nc3ccccc3c(=O)[nH]2)CC1. The number of para-hydroxylation sites is 3. The summed E-state index contributed by atoms with van der Waals surface area (Å²) in [5.41, 5.74) is 1.86. The highest BCUT2D eigenvalue weighted by atomic mass is 16.5. The van der Waals surface area contributed by atoms with E-state index in [9.17, 15) is 4.79 Å². The van der Waals surface area contributed by atoms with Crippen molar-refractivity contribution in [2.24, 2.45) is 0 Å². The van der Waals surface area contributed by atoms with Crippen LogP contribution in [0.2, 0.25) is 0 Å². The quantitative estimate of drug-likeness (QED) is 0.710. The number of H-pyrrole nitrogens is 1. The van der Waals surface area contributed by atoms with Crippen LogP contribution in [-0.2, 0) is 0 Å². The first-order chi connectivity index (χ1) is 13.7. The second-order valence-corrected chi connectivity index (χ2v) is 7.24. The fourth-order valence-electron chi connectivity index (χ4n) is 3.97. The summed E-state index contributed by atoms with van der Waals surface area (Å²) >= 11 is 0. The molecule has 4 rings (SSSR count). The second-order valence-electron chi connectivity index (χ2n) is 7.24. The van der Waals surface area contributed by atoms with Crippen molar-refractivity contribution in [2.75, 3.05) is 37.7 Å². The first-order valence-corrected chi connectivity index (χ1v) is 9.97. The van der Waals surface area contributed by atoms with E-state index in [0.717, 1.165) is 49.0 Å². The maximum absolute atomic E-state index is 12.4. The Hall–Kier alpha value is -2.86. The molecule has 0 aliphatic carbocycles. The van der Waals surface area contributed by atoms with Crippen molar-refractivity contribution < 1.29 is 9.64 Å². The van der Waals surface area contributed by atoms with Crippen molar-refractivity contribution in [1.82, 2.24) is 9.97 Å². The molecule has 0 bridgehead atoms. The van der Waals surface area contributed by atoms with Gasteiger partial charge in [0.1, 0.15) is 11.8 Å². The Labute approximate surface area is 164 Å². The molecule has 0 amide bonds.